The van der Waals surface area contributed by atoms with Gasteiger partial charge in [0, 0.05) is 32.4 Å². The molecule has 0 aliphatic heterocycles. The van der Waals surface area contributed by atoms with Crippen LogP contribution in [0.3, 0.4) is 0 Å². The van der Waals surface area contributed by atoms with Crippen molar-refractivity contribution in [3.05, 3.63) is 81.2 Å². The maximum absolute atomic E-state index is 13.7. The number of furan rings is 1. The van der Waals surface area contributed by atoms with Crippen molar-refractivity contribution in [1.29, 1.82) is 0 Å². The van der Waals surface area contributed by atoms with Gasteiger partial charge in [0.1, 0.15) is 18.1 Å². The minimum Gasteiger partial charge on any atom is -0.493 e. The fourth-order valence-electron chi connectivity index (χ4n) is 4.08. The molecule has 1 heterocycles. The van der Waals surface area contributed by atoms with E-state index in [2.05, 4.69) is 0 Å². The van der Waals surface area contributed by atoms with Crippen LogP contribution in [0.2, 0.25) is 10.0 Å². The second-order valence-electron chi connectivity index (χ2n) is 8.97. The number of ether oxygens (including phenoxy) is 3. The van der Waals surface area contributed by atoms with Gasteiger partial charge in [-0.2, -0.15) is 0 Å². The number of carbonyl (C=O) groups excluding carboxylic acids is 2. The number of amides is 2. The zero-order chi connectivity index (χ0) is 28.4. The second-order valence-corrected chi connectivity index (χ2v) is 9.78. The highest BCUT2D eigenvalue weighted by molar-refractivity contribution is 6.42. The fourth-order valence-corrected chi connectivity index (χ4v) is 4.38. The van der Waals surface area contributed by atoms with Crippen molar-refractivity contribution >= 4 is 35.0 Å². The Morgan fingerprint density at radius 1 is 0.872 bits per heavy atom. The lowest BCUT2D eigenvalue weighted by Gasteiger charge is -2.27. The number of nitrogens with zero attached hydrogens (tertiary/aromatic N) is 2. The zero-order valence-corrected chi connectivity index (χ0v) is 24.2. The third kappa shape index (κ3) is 8.65. The number of methoxy groups -OCH3 is 3. The Hall–Kier alpha value is -3.20. The summed E-state index contributed by atoms with van der Waals surface area (Å²) in [4.78, 5) is 30.3. The monoisotopic (exact) mass is 576 g/mol. The summed E-state index contributed by atoms with van der Waals surface area (Å²) in [5.41, 5.74) is 1.33. The molecule has 0 spiro atoms. The molecule has 3 aromatic rings. The summed E-state index contributed by atoms with van der Waals surface area (Å²) in [6.07, 6.45) is 1.13. The highest BCUT2D eigenvalue weighted by Gasteiger charge is 2.24. The summed E-state index contributed by atoms with van der Waals surface area (Å²) in [6, 6.07) is 14.1. The van der Waals surface area contributed by atoms with Crippen LogP contribution in [0, 0.1) is 6.92 Å². The molecule has 1 aromatic heterocycles. The smallest absolute Gasteiger partial charge is 0.254 e. The van der Waals surface area contributed by atoms with Gasteiger partial charge in [-0.05, 0) is 67.8 Å². The Balaban J connectivity index is 1.81. The van der Waals surface area contributed by atoms with Crippen LogP contribution in [-0.4, -0.2) is 69.2 Å². The van der Waals surface area contributed by atoms with E-state index in [1.54, 1.807) is 38.4 Å². The predicted molar refractivity (Wildman–Crippen MR) is 151 cm³/mol. The quantitative estimate of drug-likeness (QED) is 0.230. The van der Waals surface area contributed by atoms with Crippen molar-refractivity contribution in [2.45, 2.75) is 26.3 Å². The summed E-state index contributed by atoms with van der Waals surface area (Å²) in [6.45, 7) is 3.20. The van der Waals surface area contributed by atoms with Gasteiger partial charge in [-0.25, -0.2) is 0 Å². The van der Waals surface area contributed by atoms with E-state index in [4.69, 9.17) is 41.8 Å². The Morgan fingerprint density at radius 3 is 2.28 bits per heavy atom. The van der Waals surface area contributed by atoms with Gasteiger partial charge in [0.25, 0.3) is 5.91 Å². The van der Waals surface area contributed by atoms with E-state index in [-0.39, 0.29) is 29.9 Å². The van der Waals surface area contributed by atoms with Crippen LogP contribution in [0.1, 0.15) is 33.9 Å². The summed E-state index contributed by atoms with van der Waals surface area (Å²) < 4.78 is 21.7. The summed E-state index contributed by atoms with van der Waals surface area (Å²) in [5.74, 6) is 2.14. The van der Waals surface area contributed by atoms with E-state index in [0.29, 0.717) is 60.4 Å². The molecule has 0 fully saturated rings. The maximum atomic E-state index is 13.7. The molecule has 0 saturated heterocycles. The molecule has 0 radical (unpaired) electrons. The minimum atomic E-state index is -0.313. The first-order valence-corrected chi connectivity index (χ1v) is 13.3. The van der Waals surface area contributed by atoms with Gasteiger partial charge in [0.2, 0.25) is 5.91 Å². The molecular weight excluding hydrogens is 543 g/mol. The second kappa shape index (κ2) is 14.8. The standard InChI is InChI=1S/C29H34Cl2N2O6/c1-20-6-9-23(39-20)18-32(14-12-21-7-11-26(37-3)27(16-21)38-4)28(34)19-33(13-5-15-36-2)29(35)22-8-10-24(30)25(31)17-22/h6-11,16-17H,5,12-15,18-19H2,1-4H3. The first-order chi connectivity index (χ1) is 18.7. The molecule has 0 unspecified atom stereocenters. The molecule has 0 N–H and O–H groups in total. The first kappa shape index (κ1) is 30.3. The van der Waals surface area contributed by atoms with E-state index in [1.807, 2.05) is 37.3 Å². The molecule has 0 atom stereocenters. The lowest BCUT2D eigenvalue weighted by Crippen LogP contribution is -2.44. The molecule has 210 valence electrons. The van der Waals surface area contributed by atoms with Gasteiger partial charge in [-0.15, -0.1) is 0 Å². The fraction of sp³-hybridized carbons (Fsp3) is 0.379. The summed E-state index contributed by atoms with van der Waals surface area (Å²) in [7, 11) is 4.76. The van der Waals surface area contributed by atoms with E-state index in [1.165, 1.54) is 11.0 Å². The number of halogens is 2. The van der Waals surface area contributed by atoms with Crippen LogP contribution in [0.15, 0.2) is 52.9 Å². The average molecular weight is 578 g/mol. The number of hydrogen-bond donors (Lipinski definition) is 0. The molecule has 0 aliphatic rings. The molecule has 0 aliphatic carbocycles. The minimum absolute atomic E-state index is 0.117. The van der Waals surface area contributed by atoms with Crippen molar-refractivity contribution in [3.63, 3.8) is 0 Å². The normalized spacial score (nSPS) is 10.8. The maximum Gasteiger partial charge on any atom is 0.254 e. The van der Waals surface area contributed by atoms with Crippen LogP contribution >= 0.6 is 23.2 Å². The molecule has 3 rings (SSSR count). The third-order valence-corrected chi connectivity index (χ3v) is 6.91. The first-order valence-electron chi connectivity index (χ1n) is 12.5. The van der Waals surface area contributed by atoms with E-state index in [0.717, 1.165) is 11.3 Å². The van der Waals surface area contributed by atoms with E-state index >= 15 is 0 Å². The number of rotatable bonds is 14. The lowest BCUT2D eigenvalue weighted by atomic mass is 10.1. The van der Waals surface area contributed by atoms with Crippen molar-refractivity contribution in [2.75, 3.05) is 47.6 Å². The molecule has 2 amide bonds. The topological polar surface area (TPSA) is 81.5 Å². The third-order valence-electron chi connectivity index (χ3n) is 6.17. The van der Waals surface area contributed by atoms with E-state index in [9.17, 15) is 9.59 Å². The Labute approximate surface area is 239 Å². The van der Waals surface area contributed by atoms with Gasteiger partial charge in [-0.1, -0.05) is 29.3 Å². The summed E-state index contributed by atoms with van der Waals surface area (Å²) in [5, 5.41) is 0.626. The number of hydrogen-bond acceptors (Lipinski definition) is 6. The van der Waals surface area contributed by atoms with Gasteiger partial charge >= 0.3 is 0 Å². The van der Waals surface area contributed by atoms with Gasteiger partial charge in [-0.3, -0.25) is 9.59 Å². The Bertz CT molecular complexity index is 1260. The zero-order valence-electron chi connectivity index (χ0n) is 22.7. The summed E-state index contributed by atoms with van der Waals surface area (Å²) >= 11 is 12.2. The van der Waals surface area contributed by atoms with E-state index < -0.39 is 0 Å². The largest absolute Gasteiger partial charge is 0.493 e. The van der Waals surface area contributed by atoms with Gasteiger partial charge in [0.15, 0.2) is 11.5 Å². The molecule has 0 bridgehead atoms. The molecule has 0 saturated carbocycles. The van der Waals surface area contributed by atoms with Crippen LogP contribution < -0.4 is 9.47 Å². The van der Waals surface area contributed by atoms with Crippen molar-refractivity contribution < 1.29 is 28.2 Å². The van der Waals surface area contributed by atoms with Gasteiger partial charge in [0.05, 0.1) is 30.8 Å². The Kier molecular flexibility index (Phi) is 11.5. The van der Waals surface area contributed by atoms with Crippen molar-refractivity contribution in [1.82, 2.24) is 9.80 Å². The molecule has 2 aromatic carbocycles. The molecule has 8 nitrogen and oxygen atoms in total. The number of benzene rings is 2. The highest BCUT2D eigenvalue weighted by atomic mass is 35.5. The number of aryl methyl sites for hydroxylation is 1. The number of carbonyl (C=O) groups is 2. The highest BCUT2D eigenvalue weighted by Crippen LogP contribution is 2.28. The van der Waals surface area contributed by atoms with Gasteiger partial charge < -0.3 is 28.4 Å². The molecule has 10 heteroatoms. The molecular formula is C29H34Cl2N2O6. The average Bonchev–Trinajstić information content (AvgIpc) is 3.35. The predicted octanol–water partition coefficient (Wildman–Crippen LogP) is 5.66. The van der Waals surface area contributed by atoms with Crippen LogP contribution in [0.4, 0.5) is 0 Å². The lowest BCUT2D eigenvalue weighted by molar-refractivity contribution is -0.132. The van der Waals surface area contributed by atoms with Crippen LogP contribution in [0.25, 0.3) is 0 Å². The molecule has 39 heavy (non-hydrogen) atoms. The Morgan fingerprint density at radius 2 is 1.64 bits per heavy atom. The van der Waals surface area contributed by atoms with Crippen molar-refractivity contribution in [3.8, 4) is 11.5 Å². The van der Waals surface area contributed by atoms with Crippen molar-refractivity contribution in [2.24, 2.45) is 0 Å². The van der Waals surface area contributed by atoms with Crippen LogP contribution in [-0.2, 0) is 22.5 Å². The SMILES string of the molecule is COCCCN(CC(=O)N(CCc1ccc(OC)c(OC)c1)Cc1ccc(C)o1)C(=O)c1ccc(Cl)c(Cl)c1. The van der Waals surface area contributed by atoms with Crippen LogP contribution in [0.5, 0.6) is 11.5 Å².